The fraction of sp³-hybridized carbons (Fsp3) is 0.520. The largest absolute Gasteiger partial charge is 0.380 e. The maximum atomic E-state index is 12.9. The molecular weight excluding hydrogens is 500 g/mol. The van der Waals surface area contributed by atoms with E-state index in [0.29, 0.717) is 46.3 Å². The molecule has 4 atom stereocenters. The number of thiazole rings is 1. The summed E-state index contributed by atoms with van der Waals surface area (Å²) in [5, 5.41) is 8.80. The molecule has 6 rings (SSSR count). The van der Waals surface area contributed by atoms with Crippen molar-refractivity contribution in [2.75, 3.05) is 5.32 Å². The van der Waals surface area contributed by atoms with Gasteiger partial charge in [0.05, 0.1) is 27.1 Å². The zero-order valence-electron chi connectivity index (χ0n) is 19.2. The minimum atomic E-state index is -0.276. The molecule has 2 heterocycles. The highest BCUT2D eigenvalue weighted by molar-refractivity contribution is 9.10. The Kier molecular flexibility index (Phi) is 5.93. The molecule has 1 aromatic carbocycles. The van der Waals surface area contributed by atoms with Crippen molar-refractivity contribution in [1.29, 1.82) is 0 Å². The fourth-order valence-corrected chi connectivity index (χ4v) is 7.13. The zero-order chi connectivity index (χ0) is 23.3. The number of aryl methyl sites for hydroxylation is 1. The van der Waals surface area contributed by atoms with Crippen molar-refractivity contribution in [1.82, 2.24) is 14.8 Å². The molecule has 3 fully saturated rings. The molecule has 0 spiro atoms. The fourth-order valence-electron chi connectivity index (χ4n) is 5.74. The molecule has 6 nitrogen and oxygen atoms in total. The molecule has 1 N–H and O–H groups in total. The molecule has 0 radical (unpaired) electrons. The van der Waals surface area contributed by atoms with E-state index >= 15 is 0 Å². The molecule has 8 heteroatoms. The number of halogens is 1. The summed E-state index contributed by atoms with van der Waals surface area (Å²) in [6.07, 6.45) is 5.01. The molecule has 3 saturated carbocycles. The normalized spacial score (nSPS) is 25.6. The van der Waals surface area contributed by atoms with Crippen molar-refractivity contribution < 1.29 is 4.79 Å². The number of ketones is 1. The monoisotopic (exact) mass is 528 g/mol. The lowest BCUT2D eigenvalue weighted by Gasteiger charge is -2.62. The highest BCUT2D eigenvalue weighted by Crippen LogP contribution is 2.61. The SMILES string of the molecule is C[C@@H]1[C@H]2C[C@@H](C[C@H]1Nc1cnn(CC(=O)CCc3nc4ccccc4s3)c(=O)c1Br)C2(C)C. The first-order valence-electron chi connectivity index (χ1n) is 11.6. The smallest absolute Gasteiger partial charge is 0.283 e. The third kappa shape index (κ3) is 4.16. The van der Waals surface area contributed by atoms with Gasteiger partial charge in [0, 0.05) is 18.9 Å². The number of Topliss-reactive ketones (excluding diaryl/α,β-unsaturated/α-hetero) is 1. The summed E-state index contributed by atoms with van der Waals surface area (Å²) in [6, 6.07) is 8.30. The van der Waals surface area contributed by atoms with Gasteiger partial charge < -0.3 is 5.32 Å². The molecule has 0 amide bonds. The molecule has 2 bridgehead atoms. The number of rotatable bonds is 7. The predicted octanol–water partition coefficient (Wildman–Crippen LogP) is 5.30. The quantitative estimate of drug-likeness (QED) is 0.450. The first-order valence-corrected chi connectivity index (χ1v) is 13.2. The lowest BCUT2D eigenvalue weighted by atomic mass is 9.45. The number of anilines is 1. The third-order valence-corrected chi connectivity index (χ3v) is 9.82. The summed E-state index contributed by atoms with van der Waals surface area (Å²) >= 11 is 5.07. The predicted molar refractivity (Wildman–Crippen MR) is 136 cm³/mol. The Hall–Kier alpha value is -2.06. The van der Waals surface area contributed by atoms with Crippen LogP contribution >= 0.6 is 27.3 Å². The van der Waals surface area contributed by atoms with E-state index in [-0.39, 0.29) is 17.9 Å². The van der Waals surface area contributed by atoms with Gasteiger partial charge in [-0.15, -0.1) is 11.3 Å². The molecular formula is C25H29BrN4O2S. The molecule has 174 valence electrons. The molecule has 0 unspecified atom stereocenters. The van der Waals surface area contributed by atoms with Gasteiger partial charge in [-0.25, -0.2) is 9.67 Å². The average molecular weight is 530 g/mol. The Morgan fingerprint density at radius 1 is 1.30 bits per heavy atom. The third-order valence-electron chi connectivity index (χ3n) is 7.96. The van der Waals surface area contributed by atoms with E-state index in [1.54, 1.807) is 17.5 Å². The van der Waals surface area contributed by atoms with E-state index in [9.17, 15) is 9.59 Å². The van der Waals surface area contributed by atoms with Crippen LogP contribution in [0.25, 0.3) is 10.2 Å². The molecule has 3 aliphatic rings. The number of carbonyl (C=O) groups is 1. The van der Waals surface area contributed by atoms with Gasteiger partial charge in [-0.2, -0.15) is 5.10 Å². The van der Waals surface area contributed by atoms with Gasteiger partial charge in [0.2, 0.25) is 0 Å². The topological polar surface area (TPSA) is 76.9 Å². The number of carbonyl (C=O) groups excluding carboxylic acids is 1. The summed E-state index contributed by atoms with van der Waals surface area (Å²) in [6.45, 7) is 7.04. The first kappa shape index (κ1) is 22.7. The van der Waals surface area contributed by atoms with Crippen LogP contribution in [-0.2, 0) is 17.8 Å². The maximum absolute atomic E-state index is 12.9. The van der Waals surface area contributed by atoms with E-state index in [1.807, 2.05) is 24.3 Å². The Morgan fingerprint density at radius 2 is 2.09 bits per heavy atom. The Morgan fingerprint density at radius 3 is 2.82 bits per heavy atom. The molecule has 33 heavy (non-hydrogen) atoms. The highest BCUT2D eigenvalue weighted by atomic mass is 79.9. The molecule has 3 aromatic rings. The molecule has 0 saturated heterocycles. The number of nitrogens with zero attached hydrogens (tertiary/aromatic N) is 3. The van der Waals surface area contributed by atoms with Gasteiger partial charge in [-0.05, 0) is 64.1 Å². The Labute approximate surface area is 205 Å². The summed E-state index contributed by atoms with van der Waals surface area (Å²) < 4.78 is 2.82. The molecule has 0 aliphatic heterocycles. The van der Waals surface area contributed by atoms with Gasteiger partial charge in [-0.1, -0.05) is 32.9 Å². The van der Waals surface area contributed by atoms with Crippen LogP contribution in [0.3, 0.4) is 0 Å². The van der Waals surface area contributed by atoms with Crippen molar-refractivity contribution in [2.24, 2.45) is 23.2 Å². The van der Waals surface area contributed by atoms with E-state index in [2.05, 4.69) is 52.1 Å². The van der Waals surface area contributed by atoms with Crippen LogP contribution in [0.15, 0.2) is 39.7 Å². The van der Waals surface area contributed by atoms with Crippen LogP contribution in [0.5, 0.6) is 0 Å². The second-order valence-corrected chi connectivity index (χ2v) is 12.1. The van der Waals surface area contributed by atoms with Crippen LogP contribution < -0.4 is 10.9 Å². The van der Waals surface area contributed by atoms with Crippen molar-refractivity contribution >= 4 is 49.0 Å². The number of aromatic nitrogens is 3. The number of hydrogen-bond donors (Lipinski definition) is 1. The van der Waals surface area contributed by atoms with Gasteiger partial charge >= 0.3 is 0 Å². The van der Waals surface area contributed by atoms with Gasteiger partial charge in [0.15, 0.2) is 5.78 Å². The van der Waals surface area contributed by atoms with Crippen LogP contribution in [-0.4, -0.2) is 26.6 Å². The lowest BCUT2D eigenvalue weighted by molar-refractivity contribution is -0.119. The van der Waals surface area contributed by atoms with Crippen LogP contribution in [0.1, 0.15) is 45.0 Å². The number of hydrogen-bond acceptors (Lipinski definition) is 6. The van der Waals surface area contributed by atoms with Crippen LogP contribution in [0.4, 0.5) is 5.69 Å². The minimum absolute atomic E-state index is 0.0270. The van der Waals surface area contributed by atoms with Crippen LogP contribution in [0, 0.1) is 23.2 Å². The highest BCUT2D eigenvalue weighted by Gasteiger charge is 2.56. The summed E-state index contributed by atoms with van der Waals surface area (Å²) in [5.74, 6) is 1.97. The summed E-state index contributed by atoms with van der Waals surface area (Å²) in [5.41, 5.74) is 1.82. The number of para-hydroxylation sites is 1. The van der Waals surface area contributed by atoms with Gasteiger partial charge in [-0.3, -0.25) is 9.59 Å². The molecule has 2 aromatic heterocycles. The van der Waals surface area contributed by atoms with Gasteiger partial charge in [0.25, 0.3) is 5.56 Å². The lowest BCUT2D eigenvalue weighted by Crippen LogP contribution is -2.58. The summed E-state index contributed by atoms with van der Waals surface area (Å²) in [4.78, 5) is 30.0. The van der Waals surface area contributed by atoms with Crippen molar-refractivity contribution in [3.05, 3.63) is 50.3 Å². The van der Waals surface area contributed by atoms with E-state index in [1.165, 1.54) is 11.1 Å². The van der Waals surface area contributed by atoms with Crippen molar-refractivity contribution in [2.45, 2.75) is 59.0 Å². The van der Waals surface area contributed by atoms with Crippen molar-refractivity contribution in [3.8, 4) is 0 Å². The second kappa shape index (κ2) is 8.62. The number of nitrogens with one attached hydrogen (secondary N) is 1. The van der Waals surface area contributed by atoms with Crippen molar-refractivity contribution in [3.63, 3.8) is 0 Å². The van der Waals surface area contributed by atoms with Crippen LogP contribution in [0.2, 0.25) is 0 Å². The van der Waals surface area contributed by atoms with E-state index in [4.69, 9.17) is 0 Å². The number of fused-ring (bicyclic) bond motifs is 3. The van der Waals surface area contributed by atoms with E-state index in [0.717, 1.165) is 27.6 Å². The summed E-state index contributed by atoms with van der Waals surface area (Å²) in [7, 11) is 0. The van der Waals surface area contributed by atoms with E-state index < -0.39 is 0 Å². The average Bonchev–Trinajstić information content (AvgIpc) is 3.21. The first-order chi connectivity index (χ1) is 15.7. The Bertz CT molecular complexity index is 1230. The Balaban J connectivity index is 1.21. The van der Waals surface area contributed by atoms with Gasteiger partial charge in [0.1, 0.15) is 11.0 Å². The minimum Gasteiger partial charge on any atom is -0.380 e. The number of benzene rings is 1. The molecule has 3 aliphatic carbocycles. The standard InChI is InChI=1S/C25H29BrN4O2S/c1-14-17-10-15(25(17,2)3)11-19(14)28-20-12-27-30(24(32)23(20)26)13-16(31)8-9-22-29-18-6-4-5-7-21(18)33-22/h4-7,12,14-15,17,19,28H,8-11,13H2,1-3H3/t14-,15+,17-,19-/m1/s1. The zero-order valence-corrected chi connectivity index (χ0v) is 21.6. The second-order valence-electron chi connectivity index (χ2n) is 10.2. The maximum Gasteiger partial charge on any atom is 0.283 e.